The summed E-state index contributed by atoms with van der Waals surface area (Å²) in [5, 5.41) is 0. The molecule has 0 bridgehead atoms. The second-order valence-corrected chi connectivity index (χ2v) is 6.01. The third kappa shape index (κ3) is 5.86. The minimum absolute atomic E-state index is 0.141. The van der Waals surface area contributed by atoms with Crippen molar-refractivity contribution >= 4 is 17.7 Å². The monoisotopic (exact) mass is 284 g/mol. The number of Topliss-reactive ketones (excluding diaryl/α,β-unsaturated/α-hetero) is 1. The van der Waals surface area contributed by atoms with Gasteiger partial charge >= 0.3 is 11.9 Å². The first kappa shape index (κ1) is 16.2. The van der Waals surface area contributed by atoms with Crippen molar-refractivity contribution in [2.24, 2.45) is 0 Å². The fraction of sp³-hybridized carbons (Fsp3) is 0.643. The van der Waals surface area contributed by atoms with E-state index < -0.39 is 23.3 Å². The molecule has 112 valence electrons. The van der Waals surface area contributed by atoms with Gasteiger partial charge in [0.05, 0.1) is 12.5 Å². The zero-order valence-electron chi connectivity index (χ0n) is 12.4. The van der Waals surface area contributed by atoms with Gasteiger partial charge in [0, 0.05) is 13.8 Å². The van der Waals surface area contributed by atoms with Crippen LogP contribution >= 0.6 is 0 Å². The molecule has 0 amide bonds. The van der Waals surface area contributed by atoms with Gasteiger partial charge in [-0.15, -0.1) is 0 Å². The van der Waals surface area contributed by atoms with Crippen molar-refractivity contribution in [3.8, 4) is 0 Å². The van der Waals surface area contributed by atoms with E-state index in [1.54, 1.807) is 34.6 Å². The van der Waals surface area contributed by atoms with Gasteiger partial charge in [-0.1, -0.05) is 0 Å². The molecular weight excluding hydrogens is 264 g/mol. The van der Waals surface area contributed by atoms with Gasteiger partial charge in [0.1, 0.15) is 17.8 Å². The van der Waals surface area contributed by atoms with Crippen LogP contribution in [0.3, 0.4) is 0 Å². The van der Waals surface area contributed by atoms with Gasteiger partial charge in [-0.25, -0.2) is 4.79 Å². The van der Waals surface area contributed by atoms with E-state index in [0.29, 0.717) is 0 Å². The highest BCUT2D eigenvalue weighted by Gasteiger charge is 2.31. The number of rotatable bonds is 4. The van der Waals surface area contributed by atoms with Gasteiger partial charge in [0.2, 0.25) is 5.79 Å². The van der Waals surface area contributed by atoms with Crippen molar-refractivity contribution in [3.05, 3.63) is 11.8 Å². The van der Waals surface area contributed by atoms with Crippen LogP contribution in [0.2, 0.25) is 0 Å². The van der Waals surface area contributed by atoms with Crippen LogP contribution < -0.4 is 0 Å². The van der Waals surface area contributed by atoms with E-state index in [0.717, 1.165) is 6.08 Å². The topological polar surface area (TPSA) is 78.9 Å². The molecule has 0 N–H and O–H groups in total. The van der Waals surface area contributed by atoms with Crippen LogP contribution in [0.25, 0.3) is 0 Å². The Hall–Kier alpha value is -1.85. The Bertz CT molecular complexity index is 453. The number of ketones is 1. The first-order valence-corrected chi connectivity index (χ1v) is 6.33. The van der Waals surface area contributed by atoms with E-state index in [1.807, 2.05) is 0 Å². The zero-order valence-corrected chi connectivity index (χ0v) is 12.4. The molecule has 6 nitrogen and oxygen atoms in total. The van der Waals surface area contributed by atoms with Gasteiger partial charge < -0.3 is 14.2 Å². The van der Waals surface area contributed by atoms with Gasteiger partial charge in [0.15, 0.2) is 5.78 Å². The lowest BCUT2D eigenvalue weighted by Gasteiger charge is -2.30. The number of esters is 2. The minimum atomic E-state index is -1.10. The van der Waals surface area contributed by atoms with Crippen LogP contribution in [-0.2, 0) is 28.6 Å². The number of hydrogen-bond acceptors (Lipinski definition) is 6. The molecular formula is C14H20O6. The second-order valence-electron chi connectivity index (χ2n) is 6.01. The SMILES string of the molecule is CC(C)(C)OC(=O)CC(=O)CC1=CC(=O)OC(C)(C)O1. The Morgan fingerprint density at radius 3 is 2.35 bits per heavy atom. The maximum atomic E-state index is 11.8. The number of cyclic esters (lactones) is 1. The lowest BCUT2D eigenvalue weighted by molar-refractivity contribution is -0.205. The maximum absolute atomic E-state index is 11.8. The summed E-state index contributed by atoms with van der Waals surface area (Å²) >= 11 is 0. The highest BCUT2D eigenvalue weighted by atomic mass is 16.7. The summed E-state index contributed by atoms with van der Waals surface area (Å²) in [6.45, 7) is 8.30. The molecule has 1 heterocycles. The molecule has 0 radical (unpaired) electrons. The van der Waals surface area contributed by atoms with Gasteiger partial charge in [-0.2, -0.15) is 0 Å². The largest absolute Gasteiger partial charge is 0.460 e. The molecule has 0 aromatic heterocycles. The molecule has 20 heavy (non-hydrogen) atoms. The summed E-state index contributed by atoms with van der Waals surface area (Å²) in [5.74, 6) is -2.45. The van der Waals surface area contributed by atoms with Gasteiger partial charge in [-0.3, -0.25) is 9.59 Å². The van der Waals surface area contributed by atoms with Crippen molar-refractivity contribution in [3.63, 3.8) is 0 Å². The molecule has 0 aromatic carbocycles. The Morgan fingerprint density at radius 2 is 1.85 bits per heavy atom. The molecule has 0 saturated carbocycles. The van der Waals surface area contributed by atoms with E-state index in [1.165, 1.54) is 0 Å². The molecule has 1 rings (SSSR count). The summed E-state index contributed by atoms with van der Waals surface area (Å²) in [6.07, 6.45) is 0.615. The average Bonchev–Trinajstić information content (AvgIpc) is 2.08. The van der Waals surface area contributed by atoms with Crippen LogP contribution in [0.1, 0.15) is 47.5 Å². The standard InChI is InChI=1S/C14H20O6/c1-13(2,3)19-11(16)7-9(15)6-10-8-12(17)20-14(4,5)18-10/h8H,6-7H2,1-5H3. The van der Waals surface area contributed by atoms with Crippen molar-refractivity contribution < 1.29 is 28.6 Å². The lowest BCUT2D eigenvalue weighted by atomic mass is 10.1. The zero-order chi connectivity index (χ0) is 15.6. The first-order chi connectivity index (χ1) is 8.97. The van der Waals surface area contributed by atoms with Crippen molar-refractivity contribution in [2.45, 2.75) is 58.8 Å². The first-order valence-electron chi connectivity index (χ1n) is 6.33. The van der Waals surface area contributed by atoms with E-state index in [2.05, 4.69) is 0 Å². The minimum Gasteiger partial charge on any atom is -0.460 e. The number of carbonyl (C=O) groups is 3. The predicted molar refractivity (Wildman–Crippen MR) is 69.4 cm³/mol. The summed E-state index contributed by atoms with van der Waals surface area (Å²) in [6, 6.07) is 0. The van der Waals surface area contributed by atoms with Gasteiger partial charge in [0.25, 0.3) is 0 Å². The van der Waals surface area contributed by atoms with Crippen molar-refractivity contribution in [1.82, 2.24) is 0 Å². The van der Waals surface area contributed by atoms with E-state index in [4.69, 9.17) is 14.2 Å². The van der Waals surface area contributed by atoms with Crippen LogP contribution in [0.4, 0.5) is 0 Å². The highest BCUT2D eigenvalue weighted by Crippen LogP contribution is 2.24. The van der Waals surface area contributed by atoms with Gasteiger partial charge in [-0.05, 0) is 20.8 Å². The van der Waals surface area contributed by atoms with E-state index in [9.17, 15) is 14.4 Å². The second kappa shape index (κ2) is 5.64. The third-order valence-electron chi connectivity index (χ3n) is 2.14. The van der Waals surface area contributed by atoms with Crippen LogP contribution in [0.5, 0.6) is 0 Å². The average molecular weight is 284 g/mol. The van der Waals surface area contributed by atoms with E-state index >= 15 is 0 Å². The number of hydrogen-bond donors (Lipinski definition) is 0. The molecule has 1 aliphatic heterocycles. The Balaban J connectivity index is 2.55. The molecule has 0 aliphatic carbocycles. The molecule has 1 aliphatic rings. The summed E-state index contributed by atoms with van der Waals surface area (Å²) in [7, 11) is 0. The smallest absolute Gasteiger partial charge is 0.337 e. The highest BCUT2D eigenvalue weighted by molar-refractivity contribution is 5.97. The molecule has 0 atom stereocenters. The lowest BCUT2D eigenvalue weighted by Crippen LogP contribution is -2.35. The summed E-state index contributed by atoms with van der Waals surface area (Å²) in [5.41, 5.74) is -0.635. The maximum Gasteiger partial charge on any atom is 0.337 e. The third-order valence-corrected chi connectivity index (χ3v) is 2.14. The normalized spacial score (nSPS) is 17.6. The fourth-order valence-electron chi connectivity index (χ4n) is 1.65. The van der Waals surface area contributed by atoms with Crippen LogP contribution in [-0.4, -0.2) is 29.1 Å². The Kier molecular flexibility index (Phi) is 4.57. The van der Waals surface area contributed by atoms with Crippen molar-refractivity contribution in [1.29, 1.82) is 0 Å². The number of ether oxygens (including phenoxy) is 3. The molecule has 0 unspecified atom stereocenters. The molecule has 0 aromatic rings. The Labute approximate surface area is 118 Å². The number of allylic oxidation sites excluding steroid dienone is 1. The molecule has 0 spiro atoms. The molecule has 0 fully saturated rings. The number of carbonyl (C=O) groups excluding carboxylic acids is 3. The van der Waals surface area contributed by atoms with Crippen LogP contribution in [0.15, 0.2) is 11.8 Å². The predicted octanol–water partition coefficient (Wildman–Crippen LogP) is 1.87. The summed E-state index contributed by atoms with van der Waals surface area (Å²) < 4.78 is 15.3. The molecule has 0 saturated heterocycles. The Morgan fingerprint density at radius 1 is 1.25 bits per heavy atom. The van der Waals surface area contributed by atoms with Crippen LogP contribution in [0, 0.1) is 0 Å². The fourth-order valence-corrected chi connectivity index (χ4v) is 1.65. The van der Waals surface area contributed by atoms with E-state index in [-0.39, 0.29) is 24.4 Å². The van der Waals surface area contributed by atoms with Crippen molar-refractivity contribution in [2.75, 3.05) is 0 Å². The quantitative estimate of drug-likeness (QED) is 0.579. The summed E-state index contributed by atoms with van der Waals surface area (Å²) in [4.78, 5) is 34.6. The molecule has 6 heteroatoms.